The molecule has 2 aromatic heterocycles. The summed E-state index contributed by atoms with van der Waals surface area (Å²) < 4.78 is 6.63. The van der Waals surface area contributed by atoms with Gasteiger partial charge in [0.15, 0.2) is 0 Å². The fraction of sp³-hybridized carbons (Fsp3) is 0.429. The van der Waals surface area contributed by atoms with Gasteiger partial charge in [0, 0.05) is 10.4 Å². The molecule has 1 atom stereocenters. The topological polar surface area (TPSA) is 25.2 Å². The molecule has 0 bridgehead atoms. The second-order valence-electron chi connectivity index (χ2n) is 4.38. The molecule has 0 aromatic carbocycles. The van der Waals surface area contributed by atoms with Gasteiger partial charge in [-0.05, 0) is 60.4 Å². The van der Waals surface area contributed by atoms with E-state index in [9.17, 15) is 0 Å². The number of nitrogens with one attached hydrogen (secondary N) is 1. The molecule has 2 rings (SSSR count). The fourth-order valence-corrected chi connectivity index (χ4v) is 3.86. The van der Waals surface area contributed by atoms with E-state index in [0.29, 0.717) is 0 Å². The molecule has 0 saturated heterocycles. The van der Waals surface area contributed by atoms with E-state index in [1.807, 2.05) is 6.92 Å². The van der Waals surface area contributed by atoms with Crippen LogP contribution >= 0.6 is 27.3 Å². The summed E-state index contributed by atoms with van der Waals surface area (Å²) in [6.45, 7) is 7.37. The van der Waals surface area contributed by atoms with E-state index in [4.69, 9.17) is 4.42 Å². The van der Waals surface area contributed by atoms with Gasteiger partial charge < -0.3 is 9.73 Å². The molecule has 0 aliphatic carbocycles. The van der Waals surface area contributed by atoms with Crippen LogP contribution in [0.4, 0.5) is 0 Å². The first-order valence-corrected chi connectivity index (χ1v) is 7.77. The molecule has 2 aromatic rings. The molecule has 1 N–H and O–H groups in total. The van der Waals surface area contributed by atoms with Crippen molar-refractivity contribution in [1.82, 2.24) is 5.32 Å². The third-order valence-corrected chi connectivity index (χ3v) is 4.61. The van der Waals surface area contributed by atoms with Crippen molar-refractivity contribution in [2.45, 2.75) is 33.2 Å². The second kappa shape index (κ2) is 6.04. The third-order valence-electron chi connectivity index (χ3n) is 3.05. The van der Waals surface area contributed by atoms with Crippen LogP contribution in [0.2, 0.25) is 0 Å². The van der Waals surface area contributed by atoms with E-state index in [0.717, 1.165) is 18.7 Å². The first-order valence-electron chi connectivity index (χ1n) is 6.16. The van der Waals surface area contributed by atoms with Crippen LogP contribution in [0, 0.1) is 13.8 Å². The number of thiophene rings is 1. The van der Waals surface area contributed by atoms with Gasteiger partial charge in [0.1, 0.15) is 5.76 Å². The highest BCUT2D eigenvalue weighted by Gasteiger charge is 2.20. The maximum atomic E-state index is 5.45. The first-order chi connectivity index (χ1) is 8.63. The first kappa shape index (κ1) is 13.8. The maximum Gasteiger partial charge on any atom is 0.105 e. The van der Waals surface area contributed by atoms with E-state index in [1.54, 1.807) is 17.6 Å². The van der Waals surface area contributed by atoms with Crippen molar-refractivity contribution >= 4 is 27.3 Å². The lowest BCUT2D eigenvalue weighted by molar-refractivity contribution is 0.517. The lowest BCUT2D eigenvalue weighted by atomic mass is 10.00. The van der Waals surface area contributed by atoms with Crippen molar-refractivity contribution in [2.75, 3.05) is 6.54 Å². The van der Waals surface area contributed by atoms with Gasteiger partial charge in [0.25, 0.3) is 0 Å². The Balaban J connectivity index is 2.37. The Morgan fingerprint density at radius 2 is 2.17 bits per heavy atom. The Bertz CT molecular complexity index is 518. The monoisotopic (exact) mass is 327 g/mol. The summed E-state index contributed by atoms with van der Waals surface area (Å²) in [5.74, 6) is 0.991. The number of hydrogen-bond donors (Lipinski definition) is 1. The largest absolute Gasteiger partial charge is 0.469 e. The summed E-state index contributed by atoms with van der Waals surface area (Å²) in [6, 6.07) is 4.50. The van der Waals surface area contributed by atoms with Crippen LogP contribution in [0.5, 0.6) is 0 Å². The average molecular weight is 328 g/mol. The van der Waals surface area contributed by atoms with Crippen LogP contribution < -0.4 is 5.32 Å². The van der Waals surface area contributed by atoms with Gasteiger partial charge in [-0.15, -0.1) is 11.3 Å². The normalized spacial score (nSPS) is 12.9. The van der Waals surface area contributed by atoms with Crippen LogP contribution in [0.3, 0.4) is 0 Å². The van der Waals surface area contributed by atoms with Crippen molar-refractivity contribution in [2.24, 2.45) is 0 Å². The minimum absolute atomic E-state index is 0.228. The molecule has 2 nitrogen and oxygen atoms in total. The molecule has 18 heavy (non-hydrogen) atoms. The minimum Gasteiger partial charge on any atom is -0.469 e. The smallest absolute Gasteiger partial charge is 0.105 e. The fourth-order valence-electron chi connectivity index (χ4n) is 2.12. The van der Waals surface area contributed by atoms with E-state index < -0.39 is 0 Å². The molecule has 0 fully saturated rings. The Kier molecular flexibility index (Phi) is 4.65. The molecule has 2 heterocycles. The van der Waals surface area contributed by atoms with Gasteiger partial charge in [-0.1, -0.05) is 6.92 Å². The van der Waals surface area contributed by atoms with E-state index in [2.05, 4.69) is 47.2 Å². The van der Waals surface area contributed by atoms with Crippen molar-refractivity contribution in [3.8, 4) is 0 Å². The van der Waals surface area contributed by atoms with Gasteiger partial charge in [-0.2, -0.15) is 0 Å². The Morgan fingerprint density at radius 1 is 1.39 bits per heavy atom. The molecule has 4 heteroatoms. The zero-order chi connectivity index (χ0) is 13.1. The maximum absolute atomic E-state index is 5.45. The molecule has 0 radical (unpaired) electrons. The summed E-state index contributed by atoms with van der Waals surface area (Å²) in [7, 11) is 0. The van der Waals surface area contributed by atoms with Gasteiger partial charge in [0.2, 0.25) is 0 Å². The molecule has 1 unspecified atom stereocenters. The number of furan rings is 1. The Hall–Kier alpha value is -0.580. The van der Waals surface area contributed by atoms with Crippen LogP contribution in [-0.4, -0.2) is 6.54 Å². The predicted molar refractivity (Wildman–Crippen MR) is 80.3 cm³/mol. The highest BCUT2D eigenvalue weighted by molar-refractivity contribution is 9.11. The average Bonchev–Trinajstić information content (AvgIpc) is 2.87. The lowest BCUT2D eigenvalue weighted by Crippen LogP contribution is -2.23. The Morgan fingerprint density at radius 3 is 2.67 bits per heavy atom. The standard InChI is InChI=1S/C14H18BrNOS/c1-4-6-16-14(11-5-7-17-9(11)2)12-8-13(15)18-10(12)3/h5,7-8,14,16H,4,6H2,1-3H3. The quantitative estimate of drug-likeness (QED) is 0.852. The van der Waals surface area contributed by atoms with Crippen molar-refractivity contribution in [3.63, 3.8) is 0 Å². The van der Waals surface area contributed by atoms with Gasteiger partial charge in [0.05, 0.1) is 16.1 Å². The number of rotatable bonds is 5. The molecule has 0 aliphatic heterocycles. The summed E-state index contributed by atoms with van der Waals surface area (Å²) >= 11 is 5.35. The van der Waals surface area contributed by atoms with E-state index >= 15 is 0 Å². The summed E-state index contributed by atoms with van der Waals surface area (Å²) in [5, 5.41) is 3.61. The molecule has 0 amide bonds. The van der Waals surface area contributed by atoms with Crippen molar-refractivity contribution in [1.29, 1.82) is 0 Å². The van der Waals surface area contributed by atoms with Gasteiger partial charge >= 0.3 is 0 Å². The highest BCUT2D eigenvalue weighted by Crippen LogP contribution is 2.34. The molecular formula is C14H18BrNOS. The minimum atomic E-state index is 0.228. The molecule has 98 valence electrons. The van der Waals surface area contributed by atoms with Gasteiger partial charge in [-0.25, -0.2) is 0 Å². The van der Waals surface area contributed by atoms with Crippen LogP contribution in [0.25, 0.3) is 0 Å². The zero-order valence-corrected chi connectivity index (χ0v) is 13.3. The second-order valence-corrected chi connectivity index (χ2v) is 7.02. The predicted octanol–water partition coefficient (Wildman–Crippen LogP) is 4.81. The molecule has 0 saturated carbocycles. The van der Waals surface area contributed by atoms with E-state index in [1.165, 1.54) is 19.8 Å². The van der Waals surface area contributed by atoms with Crippen molar-refractivity contribution in [3.05, 3.63) is 43.9 Å². The van der Waals surface area contributed by atoms with Crippen LogP contribution in [0.1, 0.15) is 41.2 Å². The SMILES string of the molecule is CCCNC(c1ccoc1C)c1cc(Br)sc1C. The van der Waals surface area contributed by atoms with Crippen LogP contribution in [-0.2, 0) is 0 Å². The Labute approximate surface area is 121 Å². The summed E-state index contributed by atoms with van der Waals surface area (Å²) in [5.41, 5.74) is 2.57. The highest BCUT2D eigenvalue weighted by atomic mass is 79.9. The zero-order valence-electron chi connectivity index (χ0n) is 10.9. The van der Waals surface area contributed by atoms with Crippen molar-refractivity contribution < 1.29 is 4.42 Å². The summed E-state index contributed by atoms with van der Waals surface area (Å²) in [6.07, 6.45) is 2.89. The van der Waals surface area contributed by atoms with Crippen LogP contribution in [0.15, 0.2) is 26.6 Å². The molecular weight excluding hydrogens is 310 g/mol. The molecule has 0 spiro atoms. The summed E-state index contributed by atoms with van der Waals surface area (Å²) in [4.78, 5) is 1.34. The van der Waals surface area contributed by atoms with E-state index in [-0.39, 0.29) is 6.04 Å². The number of aryl methyl sites for hydroxylation is 2. The number of halogens is 1. The van der Waals surface area contributed by atoms with Gasteiger partial charge in [-0.3, -0.25) is 0 Å². The number of hydrogen-bond acceptors (Lipinski definition) is 3. The third kappa shape index (κ3) is 2.87. The molecule has 0 aliphatic rings. The lowest BCUT2D eigenvalue weighted by Gasteiger charge is -2.18.